The van der Waals surface area contributed by atoms with Crippen molar-refractivity contribution in [3.63, 3.8) is 0 Å². The fourth-order valence-corrected chi connectivity index (χ4v) is 1.16. The fourth-order valence-electron chi connectivity index (χ4n) is 1.16. The van der Waals surface area contributed by atoms with Crippen LogP contribution >= 0.6 is 12.4 Å². The molecule has 0 bridgehead atoms. The van der Waals surface area contributed by atoms with Gasteiger partial charge in [0.2, 0.25) is 0 Å². The zero-order valence-electron chi connectivity index (χ0n) is 6.47. The second kappa shape index (κ2) is 3.56. The second-order valence-corrected chi connectivity index (χ2v) is 2.39. The smallest absolute Gasteiger partial charge is 0.0665 e. The Morgan fingerprint density at radius 1 is 1.33 bits per heavy atom. The van der Waals surface area contributed by atoms with Gasteiger partial charge in [-0.15, -0.1) is 12.4 Å². The maximum Gasteiger partial charge on any atom is 0.0665 e. The van der Waals surface area contributed by atoms with Crippen LogP contribution in [-0.2, 0) is 6.54 Å². The lowest BCUT2D eigenvalue weighted by molar-refractivity contribution is 0.850. The van der Waals surface area contributed by atoms with E-state index < -0.39 is 0 Å². The first kappa shape index (κ1) is 9.03. The summed E-state index contributed by atoms with van der Waals surface area (Å²) in [5.74, 6) is 0. The van der Waals surface area contributed by atoms with Crippen molar-refractivity contribution in [1.29, 1.82) is 0 Å². The summed E-state index contributed by atoms with van der Waals surface area (Å²) in [6.45, 7) is 0.527. The molecular weight excluding hydrogens is 174 g/mol. The van der Waals surface area contributed by atoms with Gasteiger partial charge in [0.1, 0.15) is 0 Å². The monoisotopic (exact) mass is 183 g/mol. The molecule has 2 N–H and O–H groups in total. The van der Waals surface area contributed by atoms with E-state index in [1.54, 1.807) is 6.20 Å². The van der Waals surface area contributed by atoms with Gasteiger partial charge in [0.05, 0.1) is 11.2 Å². The quantitative estimate of drug-likeness (QED) is 0.723. The topological polar surface area (TPSA) is 43.3 Å². The van der Waals surface area contributed by atoms with Crippen molar-refractivity contribution in [1.82, 2.24) is 9.61 Å². The van der Waals surface area contributed by atoms with Crippen LogP contribution in [0.15, 0.2) is 30.5 Å². The van der Waals surface area contributed by atoms with Crippen LogP contribution in [0.25, 0.3) is 5.52 Å². The average molecular weight is 184 g/mol. The first-order valence-electron chi connectivity index (χ1n) is 3.53. The Balaban J connectivity index is 0.000000720. The van der Waals surface area contributed by atoms with E-state index in [9.17, 15) is 0 Å². The van der Waals surface area contributed by atoms with Crippen LogP contribution in [0, 0.1) is 0 Å². The summed E-state index contributed by atoms with van der Waals surface area (Å²) < 4.78 is 1.85. The van der Waals surface area contributed by atoms with E-state index in [2.05, 4.69) is 5.10 Å². The number of hydrogen-bond donors (Lipinski definition) is 1. The number of fused-ring (bicyclic) bond motifs is 1. The Bertz CT molecular complexity index is 369. The van der Waals surface area contributed by atoms with Crippen LogP contribution in [0.4, 0.5) is 0 Å². The van der Waals surface area contributed by atoms with Gasteiger partial charge in [-0.25, -0.2) is 4.52 Å². The largest absolute Gasteiger partial charge is 0.325 e. The number of nitrogens with zero attached hydrogens (tertiary/aromatic N) is 2. The molecule has 0 saturated heterocycles. The molecular formula is C8H10ClN3. The highest BCUT2D eigenvalue weighted by Crippen LogP contribution is 2.04. The number of rotatable bonds is 1. The molecule has 3 nitrogen and oxygen atoms in total. The summed E-state index contributed by atoms with van der Waals surface area (Å²) in [5, 5.41) is 4.13. The highest BCUT2D eigenvalue weighted by molar-refractivity contribution is 5.85. The number of nitrogens with two attached hydrogens (primary N) is 1. The van der Waals surface area contributed by atoms with Crippen LogP contribution < -0.4 is 5.73 Å². The van der Waals surface area contributed by atoms with E-state index in [4.69, 9.17) is 5.73 Å². The van der Waals surface area contributed by atoms with Crippen LogP contribution in [-0.4, -0.2) is 9.61 Å². The Labute approximate surface area is 76.6 Å². The highest BCUT2D eigenvalue weighted by atomic mass is 35.5. The molecule has 0 aliphatic carbocycles. The number of aromatic nitrogens is 2. The minimum absolute atomic E-state index is 0. The van der Waals surface area contributed by atoms with Crippen molar-refractivity contribution in [2.24, 2.45) is 5.73 Å². The summed E-state index contributed by atoms with van der Waals surface area (Å²) in [6.07, 6.45) is 1.77. The first-order chi connectivity index (χ1) is 5.42. The third kappa shape index (κ3) is 1.29. The van der Waals surface area contributed by atoms with Crippen molar-refractivity contribution < 1.29 is 0 Å². The zero-order valence-corrected chi connectivity index (χ0v) is 7.29. The first-order valence-corrected chi connectivity index (χ1v) is 3.53. The van der Waals surface area contributed by atoms with E-state index >= 15 is 0 Å². The molecule has 2 aromatic heterocycles. The average Bonchev–Trinajstić information content (AvgIpc) is 2.50. The molecule has 12 heavy (non-hydrogen) atoms. The van der Waals surface area contributed by atoms with E-state index in [1.165, 1.54) is 0 Å². The second-order valence-electron chi connectivity index (χ2n) is 2.39. The molecule has 0 amide bonds. The molecule has 0 atom stereocenters. The van der Waals surface area contributed by atoms with Crippen molar-refractivity contribution >= 4 is 17.9 Å². The van der Waals surface area contributed by atoms with Crippen molar-refractivity contribution in [3.8, 4) is 0 Å². The van der Waals surface area contributed by atoms with Gasteiger partial charge in [-0.2, -0.15) is 5.10 Å². The molecule has 2 heterocycles. The normalized spacial score (nSPS) is 9.75. The van der Waals surface area contributed by atoms with Gasteiger partial charge < -0.3 is 5.73 Å². The standard InChI is InChI=1S/C8H9N3.ClH/c9-6-8-3-1-2-7-4-5-10-11(7)8;/h1-5H,6,9H2;1H. The van der Waals surface area contributed by atoms with Gasteiger partial charge in [0.25, 0.3) is 0 Å². The molecule has 0 saturated carbocycles. The van der Waals surface area contributed by atoms with Crippen molar-refractivity contribution in [2.45, 2.75) is 6.54 Å². The lowest BCUT2D eigenvalue weighted by Crippen LogP contribution is -2.03. The van der Waals surface area contributed by atoms with E-state index in [0.29, 0.717) is 6.54 Å². The van der Waals surface area contributed by atoms with Crippen molar-refractivity contribution in [2.75, 3.05) is 0 Å². The molecule has 4 heteroatoms. The minimum Gasteiger partial charge on any atom is -0.325 e. The Hall–Kier alpha value is -1.06. The number of pyridine rings is 1. The molecule has 0 fully saturated rings. The lowest BCUT2D eigenvalue weighted by Gasteiger charge is -1.99. The van der Waals surface area contributed by atoms with Crippen LogP contribution in [0.3, 0.4) is 0 Å². The third-order valence-corrected chi connectivity index (χ3v) is 1.71. The lowest BCUT2D eigenvalue weighted by atomic mass is 10.3. The van der Waals surface area contributed by atoms with Gasteiger partial charge in [0, 0.05) is 12.7 Å². The van der Waals surface area contributed by atoms with Gasteiger partial charge in [0.15, 0.2) is 0 Å². The summed E-state index contributed by atoms with van der Waals surface area (Å²) in [6, 6.07) is 7.92. The van der Waals surface area contributed by atoms with Crippen molar-refractivity contribution in [3.05, 3.63) is 36.2 Å². The molecule has 2 rings (SSSR count). The van der Waals surface area contributed by atoms with Crippen LogP contribution in [0.5, 0.6) is 0 Å². The molecule has 2 aromatic rings. The number of halogens is 1. The maximum atomic E-state index is 5.51. The van der Waals surface area contributed by atoms with Crippen LogP contribution in [0.2, 0.25) is 0 Å². The maximum absolute atomic E-state index is 5.51. The van der Waals surface area contributed by atoms with Gasteiger partial charge in [-0.05, 0) is 18.2 Å². The molecule has 0 unspecified atom stereocenters. The van der Waals surface area contributed by atoms with E-state index in [1.807, 2.05) is 28.8 Å². The molecule has 0 aliphatic rings. The summed E-state index contributed by atoms with van der Waals surface area (Å²) in [4.78, 5) is 0. The van der Waals surface area contributed by atoms with E-state index in [-0.39, 0.29) is 12.4 Å². The third-order valence-electron chi connectivity index (χ3n) is 1.71. The molecule has 0 radical (unpaired) electrons. The summed E-state index contributed by atoms with van der Waals surface area (Å²) in [5.41, 5.74) is 7.64. The van der Waals surface area contributed by atoms with Gasteiger partial charge in [-0.1, -0.05) is 6.07 Å². The molecule has 0 aliphatic heterocycles. The highest BCUT2D eigenvalue weighted by Gasteiger charge is 1.96. The minimum atomic E-state index is 0. The van der Waals surface area contributed by atoms with E-state index in [0.717, 1.165) is 11.2 Å². The summed E-state index contributed by atoms with van der Waals surface area (Å²) >= 11 is 0. The molecule has 0 aromatic carbocycles. The predicted molar refractivity (Wildman–Crippen MR) is 50.3 cm³/mol. The van der Waals surface area contributed by atoms with Gasteiger partial charge in [-0.3, -0.25) is 0 Å². The zero-order chi connectivity index (χ0) is 7.68. The van der Waals surface area contributed by atoms with Gasteiger partial charge >= 0.3 is 0 Å². The fraction of sp³-hybridized carbons (Fsp3) is 0.125. The summed E-state index contributed by atoms with van der Waals surface area (Å²) in [7, 11) is 0. The van der Waals surface area contributed by atoms with Crippen LogP contribution in [0.1, 0.15) is 5.69 Å². The Morgan fingerprint density at radius 3 is 2.92 bits per heavy atom. The Morgan fingerprint density at radius 2 is 2.17 bits per heavy atom. The SMILES string of the molecule is Cl.NCc1cccc2ccnn12. The molecule has 64 valence electrons. The Kier molecular flexibility index (Phi) is 2.68. The predicted octanol–water partition coefficient (Wildman–Crippen LogP) is 1.21. The molecule has 0 spiro atoms. The number of hydrogen-bond acceptors (Lipinski definition) is 2.